The Hall–Kier alpha value is -2.77. The number of pyridine rings is 1. The highest BCUT2D eigenvalue weighted by atomic mass is 32.2. The van der Waals surface area contributed by atoms with E-state index in [2.05, 4.69) is 48.7 Å². The molecule has 2 aliphatic heterocycles. The molecular formula is C31H45N5O5SSi. The normalized spacial score (nSPS) is 18.7. The second-order valence-corrected chi connectivity index (χ2v) is 20.1. The minimum Gasteiger partial charge on any atom is -0.412 e. The number of nitrogens with one attached hydrogen (secondary N) is 1. The third kappa shape index (κ3) is 6.68. The largest absolute Gasteiger partial charge is 0.412 e. The van der Waals surface area contributed by atoms with Crippen LogP contribution in [0.4, 0.5) is 5.69 Å². The molecule has 1 unspecified atom stereocenters. The molecule has 10 nitrogen and oxygen atoms in total. The van der Waals surface area contributed by atoms with Crippen molar-refractivity contribution in [2.24, 2.45) is 0 Å². The van der Waals surface area contributed by atoms with Gasteiger partial charge in [0.15, 0.2) is 8.32 Å². The number of fused-ring (bicyclic) bond motifs is 1. The molecule has 1 aromatic carbocycles. The summed E-state index contributed by atoms with van der Waals surface area (Å²) in [7, 11) is -4.43. The molecule has 5 rings (SSSR count). The molecule has 0 radical (unpaired) electrons. The number of aromatic amines is 1. The van der Waals surface area contributed by atoms with Crippen molar-refractivity contribution in [1.82, 2.24) is 19.2 Å². The number of aromatic nitrogens is 2. The Kier molecular flexibility index (Phi) is 8.80. The van der Waals surface area contributed by atoms with Crippen LogP contribution in [-0.4, -0.2) is 101 Å². The number of nitrogens with zero attached hydrogens (tertiary/aromatic N) is 4. The number of likely N-dealkylation sites (N-methyl/N-ethyl adjacent to an activating group) is 1. The quantitative estimate of drug-likeness (QED) is 0.363. The third-order valence-corrected chi connectivity index (χ3v) is 15.4. The van der Waals surface area contributed by atoms with Crippen molar-refractivity contribution >= 4 is 41.0 Å². The lowest BCUT2D eigenvalue weighted by Gasteiger charge is -2.38. The van der Waals surface area contributed by atoms with Crippen LogP contribution in [0.25, 0.3) is 22.3 Å². The lowest BCUT2D eigenvalue weighted by molar-refractivity contribution is -0.135. The van der Waals surface area contributed by atoms with Crippen LogP contribution in [0.5, 0.6) is 0 Å². The summed E-state index contributed by atoms with van der Waals surface area (Å²) in [5.41, 5.74) is 5.25. The van der Waals surface area contributed by atoms with E-state index in [0.29, 0.717) is 26.3 Å². The van der Waals surface area contributed by atoms with Gasteiger partial charge in [0.2, 0.25) is 15.9 Å². The summed E-state index contributed by atoms with van der Waals surface area (Å²) in [5, 5.41) is 0.117. The molecule has 2 aromatic heterocycles. The number of H-pyrrole nitrogens is 1. The van der Waals surface area contributed by atoms with Crippen molar-refractivity contribution in [3.05, 3.63) is 42.1 Å². The van der Waals surface area contributed by atoms with E-state index in [1.54, 1.807) is 17.0 Å². The van der Waals surface area contributed by atoms with Gasteiger partial charge in [-0.2, -0.15) is 4.31 Å². The molecule has 2 aliphatic rings. The second-order valence-electron chi connectivity index (χ2n) is 13.3. The average Bonchev–Trinajstić information content (AvgIpc) is 3.59. The standard InChI is InChI=1S/C31H45N5O5SSi/c1-22-16-28-27(32-19-22)18-26(33-28)25-17-24(42(38,39)34(5)21-30(37)35-12-14-40-15-13-35)8-9-29(25)36-11-10-23(20-36)41-43(6,7)31(2,3)4/h8-9,16-19,23,33H,10-15,20-21H2,1-7H3. The summed E-state index contributed by atoms with van der Waals surface area (Å²) in [6, 6.07) is 9.26. The number of sulfonamides is 1. The topological polar surface area (TPSA) is 108 Å². The summed E-state index contributed by atoms with van der Waals surface area (Å²) < 4.78 is 40.7. The number of hydrogen-bond acceptors (Lipinski definition) is 7. The third-order valence-electron chi connectivity index (χ3n) is 9.05. The highest BCUT2D eigenvalue weighted by Crippen LogP contribution is 2.40. The fourth-order valence-electron chi connectivity index (χ4n) is 5.43. The first kappa shape index (κ1) is 31.6. The predicted molar refractivity (Wildman–Crippen MR) is 172 cm³/mol. The Balaban J connectivity index is 1.47. The van der Waals surface area contributed by atoms with E-state index in [4.69, 9.17) is 9.16 Å². The van der Waals surface area contributed by atoms with Gasteiger partial charge in [0.1, 0.15) is 0 Å². The van der Waals surface area contributed by atoms with Crippen LogP contribution in [-0.2, 0) is 24.0 Å². The summed E-state index contributed by atoms with van der Waals surface area (Å²) in [4.78, 5) is 25.0. The number of carbonyl (C=O) groups is 1. The van der Waals surface area contributed by atoms with Crippen molar-refractivity contribution in [2.45, 2.75) is 63.2 Å². The maximum absolute atomic E-state index is 13.8. The Morgan fingerprint density at radius 2 is 1.88 bits per heavy atom. The number of hydrogen-bond donors (Lipinski definition) is 1. The molecule has 2 saturated heterocycles. The Morgan fingerprint density at radius 3 is 2.58 bits per heavy atom. The highest BCUT2D eigenvalue weighted by molar-refractivity contribution is 7.89. The molecule has 0 aliphatic carbocycles. The molecule has 3 aromatic rings. The van der Waals surface area contributed by atoms with Gasteiger partial charge in [0.25, 0.3) is 0 Å². The lowest BCUT2D eigenvalue weighted by Crippen LogP contribution is -2.46. The maximum atomic E-state index is 13.8. The number of carbonyl (C=O) groups excluding carboxylic acids is 1. The molecule has 1 N–H and O–H groups in total. The maximum Gasteiger partial charge on any atom is 0.243 e. The predicted octanol–water partition coefficient (Wildman–Crippen LogP) is 4.62. The first-order chi connectivity index (χ1) is 20.2. The van der Waals surface area contributed by atoms with Gasteiger partial charge in [-0.1, -0.05) is 20.8 Å². The average molecular weight is 628 g/mol. The second kappa shape index (κ2) is 12.0. The molecule has 2 fully saturated rings. The van der Waals surface area contributed by atoms with Crippen LogP contribution in [0.3, 0.4) is 0 Å². The number of aryl methyl sites for hydroxylation is 1. The van der Waals surface area contributed by atoms with E-state index in [1.807, 2.05) is 31.3 Å². The fraction of sp³-hybridized carbons (Fsp3) is 0.548. The van der Waals surface area contributed by atoms with Crippen molar-refractivity contribution in [3.63, 3.8) is 0 Å². The van der Waals surface area contributed by atoms with E-state index in [9.17, 15) is 13.2 Å². The van der Waals surface area contributed by atoms with Crippen molar-refractivity contribution in [3.8, 4) is 11.3 Å². The van der Waals surface area contributed by atoms with Gasteiger partial charge >= 0.3 is 0 Å². The molecule has 0 bridgehead atoms. The van der Waals surface area contributed by atoms with Crippen LogP contribution in [0.1, 0.15) is 32.8 Å². The lowest BCUT2D eigenvalue weighted by atomic mass is 10.1. The minimum atomic E-state index is -3.94. The van der Waals surface area contributed by atoms with Crippen LogP contribution in [0.2, 0.25) is 18.1 Å². The molecule has 234 valence electrons. The SMILES string of the molecule is Cc1cnc2cc(-c3cc(S(=O)(=O)N(C)CC(=O)N4CCOCC4)ccc3N3CCC(O[Si](C)(C)C(C)(C)C)C3)[nH]c2c1. The number of benzene rings is 1. The van der Waals surface area contributed by atoms with E-state index < -0.39 is 18.3 Å². The smallest absolute Gasteiger partial charge is 0.243 e. The van der Waals surface area contributed by atoms with Gasteiger partial charge in [-0.3, -0.25) is 9.78 Å². The van der Waals surface area contributed by atoms with E-state index in [0.717, 1.165) is 57.4 Å². The summed E-state index contributed by atoms with van der Waals surface area (Å²) in [6.45, 7) is 16.5. The number of anilines is 1. The van der Waals surface area contributed by atoms with E-state index in [-0.39, 0.29) is 28.5 Å². The molecular weight excluding hydrogens is 583 g/mol. The molecule has 4 heterocycles. The van der Waals surface area contributed by atoms with Gasteiger partial charge in [0, 0.05) is 50.7 Å². The molecule has 0 saturated carbocycles. The monoisotopic (exact) mass is 627 g/mol. The molecule has 43 heavy (non-hydrogen) atoms. The number of amides is 1. The van der Waals surface area contributed by atoms with Crippen LogP contribution in [0, 0.1) is 6.92 Å². The fourth-order valence-corrected chi connectivity index (χ4v) is 7.96. The van der Waals surface area contributed by atoms with Crippen LogP contribution in [0.15, 0.2) is 41.4 Å². The van der Waals surface area contributed by atoms with Crippen molar-refractivity contribution in [1.29, 1.82) is 0 Å². The van der Waals surface area contributed by atoms with Crippen LogP contribution >= 0.6 is 0 Å². The first-order valence-electron chi connectivity index (χ1n) is 15.0. The van der Waals surface area contributed by atoms with Gasteiger partial charge in [-0.15, -0.1) is 0 Å². The first-order valence-corrected chi connectivity index (χ1v) is 19.3. The zero-order valence-corrected chi connectivity index (χ0v) is 28.3. The molecule has 1 amide bonds. The Bertz CT molecular complexity index is 1590. The number of rotatable bonds is 8. The Morgan fingerprint density at radius 1 is 1.16 bits per heavy atom. The summed E-state index contributed by atoms with van der Waals surface area (Å²) in [6.07, 6.45) is 2.85. The molecule has 0 spiro atoms. The van der Waals surface area contributed by atoms with Crippen LogP contribution < -0.4 is 4.90 Å². The number of morpholine rings is 1. The van der Waals surface area contributed by atoms with Gasteiger partial charge < -0.3 is 23.9 Å². The van der Waals surface area contributed by atoms with Gasteiger partial charge in [0.05, 0.1) is 47.5 Å². The zero-order valence-electron chi connectivity index (χ0n) is 26.4. The highest BCUT2D eigenvalue weighted by Gasteiger charge is 2.41. The minimum absolute atomic E-state index is 0.113. The van der Waals surface area contributed by atoms with Crippen molar-refractivity contribution < 1.29 is 22.4 Å². The molecule has 12 heteroatoms. The van der Waals surface area contributed by atoms with Crippen molar-refractivity contribution in [2.75, 3.05) is 57.9 Å². The summed E-state index contributed by atoms with van der Waals surface area (Å²) in [5.74, 6) is -0.229. The van der Waals surface area contributed by atoms with E-state index >= 15 is 0 Å². The summed E-state index contributed by atoms with van der Waals surface area (Å²) >= 11 is 0. The zero-order chi connectivity index (χ0) is 31.2. The Labute approximate surface area is 256 Å². The number of ether oxygens (including phenoxy) is 1. The van der Waals surface area contributed by atoms with E-state index in [1.165, 1.54) is 7.05 Å². The van der Waals surface area contributed by atoms with Gasteiger partial charge in [-0.25, -0.2) is 8.42 Å². The van der Waals surface area contributed by atoms with Gasteiger partial charge in [-0.05, 0) is 67.4 Å². The molecule has 1 atom stereocenters.